The van der Waals surface area contributed by atoms with Crippen LogP contribution in [0.1, 0.15) is 24.8 Å². The summed E-state index contributed by atoms with van der Waals surface area (Å²) >= 11 is 0. The Bertz CT molecular complexity index is 705. The minimum Gasteiger partial charge on any atom is -0.323 e. The molecule has 0 bridgehead atoms. The molecule has 1 saturated carbocycles. The van der Waals surface area contributed by atoms with Crippen LogP contribution in [0, 0.1) is 0 Å². The van der Waals surface area contributed by atoms with Crippen LogP contribution < -0.4 is 5.32 Å². The van der Waals surface area contributed by atoms with Crippen molar-refractivity contribution < 1.29 is 26.4 Å². The number of anilines is 1. The molecular formula is C12H10F3NO3S. The van der Waals surface area contributed by atoms with Gasteiger partial charge in [-0.15, -0.1) is 0 Å². The molecule has 20 heavy (non-hydrogen) atoms. The molecule has 0 saturated heterocycles. The van der Waals surface area contributed by atoms with Crippen LogP contribution in [0.15, 0.2) is 23.1 Å². The van der Waals surface area contributed by atoms with Crippen molar-refractivity contribution in [2.75, 3.05) is 5.32 Å². The second kappa shape index (κ2) is 3.75. The average Bonchev–Trinajstić information content (AvgIpc) is 2.24. The number of amides is 1. The number of fused-ring (bicyclic) bond motifs is 1. The summed E-state index contributed by atoms with van der Waals surface area (Å²) in [5.74, 6) is -0.854. The molecule has 1 aliphatic heterocycles. The van der Waals surface area contributed by atoms with Crippen molar-refractivity contribution >= 4 is 21.4 Å². The van der Waals surface area contributed by atoms with E-state index in [0.29, 0.717) is 6.42 Å². The number of carbonyl (C=O) groups excluding carboxylic acids is 1. The van der Waals surface area contributed by atoms with Crippen molar-refractivity contribution in [3.63, 3.8) is 0 Å². The summed E-state index contributed by atoms with van der Waals surface area (Å²) in [5, 5.41) is 2.15. The monoisotopic (exact) mass is 305 g/mol. The number of para-hydroxylation sites is 1. The van der Waals surface area contributed by atoms with E-state index in [9.17, 15) is 26.4 Å². The largest absolute Gasteiger partial charge is 0.418 e. The van der Waals surface area contributed by atoms with Gasteiger partial charge in [-0.1, -0.05) is 6.07 Å². The molecule has 2 aliphatic rings. The third-order valence-electron chi connectivity index (χ3n) is 3.95. The summed E-state index contributed by atoms with van der Waals surface area (Å²) < 4.78 is 62.1. The van der Waals surface area contributed by atoms with Crippen LogP contribution in [0.2, 0.25) is 0 Å². The molecule has 0 unspecified atom stereocenters. The van der Waals surface area contributed by atoms with Crippen LogP contribution in [0.3, 0.4) is 0 Å². The van der Waals surface area contributed by atoms with E-state index in [1.807, 2.05) is 0 Å². The molecule has 0 atom stereocenters. The lowest BCUT2D eigenvalue weighted by molar-refractivity contribution is -0.137. The summed E-state index contributed by atoms with van der Waals surface area (Å²) in [7, 11) is -4.09. The summed E-state index contributed by atoms with van der Waals surface area (Å²) in [6, 6.07) is 2.91. The Hall–Kier alpha value is -1.57. The molecule has 4 nitrogen and oxygen atoms in total. The molecule has 8 heteroatoms. The zero-order chi connectivity index (χ0) is 14.8. The van der Waals surface area contributed by atoms with Crippen molar-refractivity contribution in [1.29, 1.82) is 0 Å². The van der Waals surface area contributed by atoms with Crippen molar-refractivity contribution in [3.05, 3.63) is 23.8 Å². The van der Waals surface area contributed by atoms with Crippen molar-refractivity contribution in [2.45, 2.75) is 35.1 Å². The molecule has 1 spiro atoms. The molecule has 1 aromatic rings. The van der Waals surface area contributed by atoms with Gasteiger partial charge in [0.05, 0.1) is 16.1 Å². The molecular weight excluding hydrogens is 295 g/mol. The summed E-state index contributed by atoms with van der Waals surface area (Å²) in [5.41, 5.74) is -1.79. The Labute approximate surface area is 112 Å². The maximum Gasteiger partial charge on any atom is 0.418 e. The molecule has 0 radical (unpaired) electrons. The first-order valence-corrected chi connectivity index (χ1v) is 7.45. The highest BCUT2D eigenvalue weighted by Gasteiger charge is 2.59. The normalized spacial score (nSPS) is 22.9. The predicted molar refractivity (Wildman–Crippen MR) is 63.8 cm³/mol. The van der Waals surface area contributed by atoms with Crippen LogP contribution in [0.4, 0.5) is 18.9 Å². The molecule has 1 heterocycles. The van der Waals surface area contributed by atoms with E-state index >= 15 is 0 Å². The van der Waals surface area contributed by atoms with Gasteiger partial charge in [0.15, 0.2) is 14.6 Å². The van der Waals surface area contributed by atoms with Gasteiger partial charge in [-0.05, 0) is 31.4 Å². The third-order valence-corrected chi connectivity index (χ3v) is 6.49. The smallest absolute Gasteiger partial charge is 0.323 e. The van der Waals surface area contributed by atoms with Gasteiger partial charge in [-0.3, -0.25) is 4.79 Å². The standard InChI is InChI=1S/C12H10F3NO3S/c13-12(14,15)7-3-1-4-8-9(7)16-10(17)11(5-2-6-11)20(8,18)19/h1,3-4H,2,5-6H2,(H,16,17). The molecule has 1 aliphatic carbocycles. The number of hydrogen-bond acceptors (Lipinski definition) is 3. The number of rotatable bonds is 0. The summed E-state index contributed by atoms with van der Waals surface area (Å²) in [6.07, 6.45) is -3.85. The molecule has 1 fully saturated rings. The summed E-state index contributed by atoms with van der Waals surface area (Å²) in [6.45, 7) is 0. The first-order valence-electron chi connectivity index (χ1n) is 5.96. The number of nitrogens with one attached hydrogen (secondary N) is 1. The van der Waals surface area contributed by atoms with Gasteiger partial charge < -0.3 is 5.32 Å². The predicted octanol–water partition coefficient (Wildman–Crippen LogP) is 2.35. The zero-order valence-corrected chi connectivity index (χ0v) is 10.9. The van der Waals surface area contributed by atoms with E-state index in [1.54, 1.807) is 0 Å². The van der Waals surface area contributed by atoms with E-state index in [1.165, 1.54) is 0 Å². The minimum absolute atomic E-state index is 0.150. The fraction of sp³-hybridized carbons (Fsp3) is 0.417. The minimum atomic E-state index is -4.72. The number of alkyl halides is 3. The topological polar surface area (TPSA) is 63.2 Å². The lowest BCUT2D eigenvalue weighted by Crippen LogP contribution is -2.57. The summed E-state index contributed by atoms with van der Waals surface area (Å²) in [4.78, 5) is 11.6. The number of hydrogen-bond donors (Lipinski definition) is 1. The van der Waals surface area contributed by atoms with Gasteiger partial charge in [0, 0.05) is 0 Å². The SMILES string of the molecule is O=C1Nc2c(C(F)(F)F)cccc2S(=O)(=O)C12CCC2. The first kappa shape index (κ1) is 13.4. The van der Waals surface area contributed by atoms with Crippen LogP contribution in [-0.4, -0.2) is 19.1 Å². The highest BCUT2D eigenvalue weighted by Crippen LogP contribution is 2.50. The maximum absolute atomic E-state index is 12.9. The third kappa shape index (κ3) is 1.48. The van der Waals surface area contributed by atoms with E-state index in [-0.39, 0.29) is 12.8 Å². The van der Waals surface area contributed by atoms with Crippen molar-refractivity contribution in [3.8, 4) is 0 Å². The fourth-order valence-corrected chi connectivity index (χ4v) is 4.90. The van der Waals surface area contributed by atoms with Gasteiger partial charge in [-0.25, -0.2) is 8.42 Å². The fourth-order valence-electron chi connectivity index (χ4n) is 2.67. The van der Waals surface area contributed by atoms with Gasteiger partial charge in [0.1, 0.15) is 0 Å². The number of sulfone groups is 1. The van der Waals surface area contributed by atoms with Gasteiger partial charge in [0.2, 0.25) is 5.91 Å². The second-order valence-electron chi connectivity index (χ2n) is 4.98. The zero-order valence-electron chi connectivity index (χ0n) is 10.1. The maximum atomic E-state index is 12.9. The Morgan fingerprint density at radius 2 is 1.85 bits per heavy atom. The number of halogens is 3. The second-order valence-corrected chi connectivity index (χ2v) is 7.21. The van der Waals surface area contributed by atoms with Crippen LogP contribution in [-0.2, 0) is 20.8 Å². The first-order chi connectivity index (χ1) is 9.20. The van der Waals surface area contributed by atoms with E-state index in [2.05, 4.69) is 5.32 Å². The molecule has 3 rings (SSSR count). The van der Waals surface area contributed by atoms with E-state index in [4.69, 9.17) is 0 Å². The molecule has 0 aromatic heterocycles. The highest BCUT2D eigenvalue weighted by molar-refractivity contribution is 7.94. The Morgan fingerprint density at radius 1 is 1.20 bits per heavy atom. The van der Waals surface area contributed by atoms with Gasteiger partial charge in [-0.2, -0.15) is 13.2 Å². The van der Waals surface area contributed by atoms with Gasteiger partial charge in [0.25, 0.3) is 0 Å². The molecule has 1 aromatic carbocycles. The Morgan fingerprint density at radius 3 is 2.35 bits per heavy atom. The van der Waals surface area contributed by atoms with E-state index < -0.39 is 42.8 Å². The molecule has 1 amide bonds. The van der Waals surface area contributed by atoms with Crippen molar-refractivity contribution in [1.82, 2.24) is 0 Å². The van der Waals surface area contributed by atoms with Crippen molar-refractivity contribution in [2.24, 2.45) is 0 Å². The Balaban J connectivity index is 2.28. The Kier molecular flexibility index (Phi) is 2.51. The van der Waals surface area contributed by atoms with Crippen LogP contribution in [0.25, 0.3) is 0 Å². The molecule has 1 N–H and O–H groups in total. The van der Waals surface area contributed by atoms with Crippen LogP contribution >= 0.6 is 0 Å². The average molecular weight is 305 g/mol. The lowest BCUT2D eigenvalue weighted by atomic mass is 9.83. The number of carbonyl (C=O) groups is 1. The highest BCUT2D eigenvalue weighted by atomic mass is 32.2. The number of benzene rings is 1. The lowest BCUT2D eigenvalue weighted by Gasteiger charge is -2.42. The molecule has 108 valence electrons. The van der Waals surface area contributed by atoms with Gasteiger partial charge >= 0.3 is 6.18 Å². The quantitative estimate of drug-likeness (QED) is 0.800. The van der Waals surface area contributed by atoms with E-state index in [0.717, 1.165) is 18.2 Å². The van der Waals surface area contributed by atoms with Crippen LogP contribution in [0.5, 0.6) is 0 Å².